The van der Waals surface area contributed by atoms with Crippen LogP contribution in [0.5, 0.6) is 0 Å². The largest absolute Gasteiger partial charge is 0.393 e. The fourth-order valence-electron chi connectivity index (χ4n) is 3.55. The van der Waals surface area contributed by atoms with Crippen molar-refractivity contribution in [2.24, 2.45) is 11.8 Å². The number of ether oxygens (including phenoxy) is 1. The van der Waals surface area contributed by atoms with E-state index < -0.39 is 23.5 Å². The van der Waals surface area contributed by atoms with Crippen molar-refractivity contribution >= 4 is 29.1 Å². The molecule has 0 spiro atoms. The number of halogens is 1. The second kappa shape index (κ2) is 4.16. The van der Waals surface area contributed by atoms with E-state index in [-0.39, 0.29) is 18.4 Å². The van der Waals surface area contributed by atoms with Crippen LogP contribution in [0.15, 0.2) is 36.4 Å². The van der Waals surface area contributed by atoms with Crippen molar-refractivity contribution in [3.05, 3.63) is 41.4 Å². The number of rotatable bonds is 2. The molecule has 0 aromatic heterocycles. The number of carbonyl (C=O) groups is 2. The fraction of sp³-hybridized carbons (Fsp3) is 0.333. The highest BCUT2D eigenvalue weighted by molar-refractivity contribution is 6.31. The van der Waals surface area contributed by atoms with Gasteiger partial charge in [-0.25, -0.2) is 4.90 Å². The van der Waals surface area contributed by atoms with Gasteiger partial charge < -0.3 is 9.84 Å². The van der Waals surface area contributed by atoms with Crippen LogP contribution in [0.4, 0.5) is 5.69 Å². The molecule has 4 atom stereocenters. The summed E-state index contributed by atoms with van der Waals surface area (Å²) in [5, 5.41) is 10.1. The van der Waals surface area contributed by atoms with E-state index in [1.165, 1.54) is 0 Å². The summed E-state index contributed by atoms with van der Waals surface area (Å²) < 4.78 is 5.67. The maximum atomic E-state index is 12.7. The van der Waals surface area contributed by atoms with Crippen molar-refractivity contribution < 1.29 is 19.4 Å². The lowest BCUT2D eigenvalue weighted by Crippen LogP contribution is -2.43. The zero-order chi connectivity index (χ0) is 14.8. The highest BCUT2D eigenvalue weighted by Crippen LogP contribution is 2.52. The van der Waals surface area contributed by atoms with E-state index in [9.17, 15) is 14.7 Å². The predicted molar refractivity (Wildman–Crippen MR) is 74.8 cm³/mol. The maximum absolute atomic E-state index is 12.7. The topological polar surface area (TPSA) is 66.8 Å². The first-order valence-corrected chi connectivity index (χ1v) is 7.07. The Bertz CT molecular complexity index is 688. The van der Waals surface area contributed by atoms with E-state index in [1.807, 2.05) is 0 Å². The monoisotopic (exact) mass is 305 g/mol. The zero-order valence-electron chi connectivity index (χ0n) is 10.9. The minimum absolute atomic E-state index is 0.294. The number of hydrogen-bond acceptors (Lipinski definition) is 4. The molecule has 2 bridgehead atoms. The Morgan fingerprint density at radius 1 is 1.33 bits per heavy atom. The molecule has 1 N–H and O–H groups in total. The minimum atomic E-state index is -1.06. The summed E-state index contributed by atoms with van der Waals surface area (Å²) in [4.78, 5) is 26.5. The quantitative estimate of drug-likeness (QED) is 0.657. The van der Waals surface area contributed by atoms with Crippen LogP contribution in [0.25, 0.3) is 0 Å². The second-order valence-corrected chi connectivity index (χ2v) is 5.99. The van der Waals surface area contributed by atoms with E-state index in [4.69, 9.17) is 16.3 Å². The van der Waals surface area contributed by atoms with Crippen LogP contribution in [0.2, 0.25) is 5.02 Å². The van der Waals surface area contributed by atoms with Gasteiger partial charge in [0.1, 0.15) is 5.60 Å². The average molecular weight is 306 g/mol. The lowest BCUT2D eigenvalue weighted by atomic mass is 9.77. The molecule has 0 unspecified atom stereocenters. The Balaban J connectivity index is 1.79. The van der Waals surface area contributed by atoms with Crippen molar-refractivity contribution in [2.45, 2.75) is 11.7 Å². The summed E-state index contributed by atoms with van der Waals surface area (Å²) in [7, 11) is 0. The number of fused-ring (bicyclic) bond motifs is 5. The van der Waals surface area contributed by atoms with Crippen LogP contribution >= 0.6 is 11.6 Å². The number of imide groups is 1. The molecule has 2 saturated heterocycles. The van der Waals surface area contributed by atoms with E-state index in [2.05, 4.69) is 0 Å². The standard InChI is InChI=1S/C15H12ClNO4/c16-8-2-1-3-9(6-8)17-13(19)11-10-4-5-15(7-18,21-10)12(11)14(17)20/h1-6,10-12,18H,7H2/t10-,11-,12+,15+/m1/s1. The van der Waals surface area contributed by atoms with Crippen molar-refractivity contribution in [2.75, 3.05) is 11.5 Å². The van der Waals surface area contributed by atoms with Gasteiger partial charge in [0.05, 0.1) is 30.2 Å². The summed E-state index contributed by atoms with van der Waals surface area (Å²) in [6.45, 7) is -0.316. The second-order valence-electron chi connectivity index (χ2n) is 5.55. The molecule has 0 aliphatic carbocycles. The van der Waals surface area contributed by atoms with E-state index in [1.54, 1.807) is 36.4 Å². The molecule has 1 aromatic carbocycles. The Hall–Kier alpha value is -1.69. The van der Waals surface area contributed by atoms with Gasteiger partial charge in [-0.3, -0.25) is 9.59 Å². The lowest BCUT2D eigenvalue weighted by Gasteiger charge is -2.26. The first kappa shape index (κ1) is 13.0. The molecule has 3 aliphatic heterocycles. The van der Waals surface area contributed by atoms with Gasteiger partial charge >= 0.3 is 0 Å². The van der Waals surface area contributed by atoms with Gasteiger partial charge in [-0.05, 0) is 18.2 Å². The lowest BCUT2D eigenvalue weighted by molar-refractivity contribution is -0.128. The van der Waals surface area contributed by atoms with E-state index in [0.29, 0.717) is 10.7 Å². The van der Waals surface area contributed by atoms with Crippen LogP contribution in [0.3, 0.4) is 0 Å². The number of anilines is 1. The van der Waals surface area contributed by atoms with Crippen LogP contribution in [0, 0.1) is 11.8 Å². The van der Waals surface area contributed by atoms with Crippen LogP contribution in [-0.4, -0.2) is 35.2 Å². The molecule has 6 heteroatoms. The third kappa shape index (κ3) is 1.54. The summed E-state index contributed by atoms with van der Waals surface area (Å²) in [6, 6.07) is 6.63. The summed E-state index contributed by atoms with van der Waals surface area (Å²) in [5.41, 5.74) is -0.602. The average Bonchev–Trinajstić information content (AvgIpc) is 3.10. The summed E-state index contributed by atoms with van der Waals surface area (Å²) in [6.07, 6.45) is 3.01. The summed E-state index contributed by atoms with van der Waals surface area (Å²) in [5.74, 6) is -1.86. The van der Waals surface area contributed by atoms with Gasteiger partial charge in [0.25, 0.3) is 0 Å². The third-order valence-electron chi connectivity index (χ3n) is 4.47. The zero-order valence-corrected chi connectivity index (χ0v) is 11.7. The molecular formula is C15H12ClNO4. The number of aliphatic hydroxyl groups is 1. The van der Waals surface area contributed by atoms with E-state index in [0.717, 1.165) is 4.90 Å². The molecule has 3 heterocycles. The number of nitrogens with zero attached hydrogens (tertiary/aromatic N) is 1. The molecule has 5 nitrogen and oxygen atoms in total. The number of aliphatic hydroxyl groups excluding tert-OH is 1. The van der Waals surface area contributed by atoms with Gasteiger partial charge in [-0.2, -0.15) is 0 Å². The molecule has 3 aliphatic rings. The van der Waals surface area contributed by atoms with Crippen molar-refractivity contribution in [1.82, 2.24) is 0 Å². The van der Waals surface area contributed by atoms with Gasteiger partial charge in [-0.15, -0.1) is 0 Å². The Morgan fingerprint density at radius 3 is 2.86 bits per heavy atom. The van der Waals surface area contributed by atoms with Crippen LogP contribution < -0.4 is 4.90 Å². The van der Waals surface area contributed by atoms with Crippen LogP contribution in [-0.2, 0) is 14.3 Å². The Morgan fingerprint density at radius 2 is 2.14 bits per heavy atom. The smallest absolute Gasteiger partial charge is 0.241 e. The van der Waals surface area contributed by atoms with Crippen molar-refractivity contribution in [3.63, 3.8) is 0 Å². The normalized spacial score (nSPS) is 36.7. The Labute approximate surface area is 125 Å². The molecule has 4 rings (SSSR count). The first-order chi connectivity index (χ1) is 10.1. The van der Waals surface area contributed by atoms with Gasteiger partial charge in [0.15, 0.2) is 0 Å². The number of benzene rings is 1. The number of amides is 2. The Kier molecular flexibility index (Phi) is 2.58. The molecule has 108 valence electrons. The SMILES string of the molecule is O=C1[C@H]2[C@@H](C(=O)N1c1cccc(Cl)c1)[C@@]1(CO)C=C[C@H]2O1. The van der Waals surface area contributed by atoms with Gasteiger partial charge in [0, 0.05) is 5.02 Å². The summed E-state index contributed by atoms with van der Waals surface area (Å²) >= 11 is 5.94. The predicted octanol–water partition coefficient (Wildman–Crippen LogP) is 1.15. The van der Waals surface area contributed by atoms with E-state index >= 15 is 0 Å². The minimum Gasteiger partial charge on any atom is -0.393 e. The third-order valence-corrected chi connectivity index (χ3v) is 4.70. The molecule has 1 aromatic rings. The van der Waals surface area contributed by atoms with Crippen molar-refractivity contribution in [1.29, 1.82) is 0 Å². The van der Waals surface area contributed by atoms with Gasteiger partial charge in [-0.1, -0.05) is 29.8 Å². The highest BCUT2D eigenvalue weighted by Gasteiger charge is 2.67. The molecular weight excluding hydrogens is 294 g/mol. The molecule has 0 saturated carbocycles. The molecule has 21 heavy (non-hydrogen) atoms. The van der Waals surface area contributed by atoms with Gasteiger partial charge in [0.2, 0.25) is 11.8 Å². The van der Waals surface area contributed by atoms with Crippen molar-refractivity contribution in [3.8, 4) is 0 Å². The number of hydrogen-bond donors (Lipinski definition) is 1. The first-order valence-electron chi connectivity index (χ1n) is 6.69. The molecule has 0 radical (unpaired) electrons. The number of carbonyl (C=O) groups excluding carboxylic acids is 2. The molecule has 2 amide bonds. The molecule has 2 fully saturated rings. The fourth-order valence-corrected chi connectivity index (χ4v) is 3.74. The van der Waals surface area contributed by atoms with Crippen LogP contribution in [0.1, 0.15) is 0 Å². The maximum Gasteiger partial charge on any atom is 0.241 e. The highest BCUT2D eigenvalue weighted by atomic mass is 35.5.